The van der Waals surface area contributed by atoms with Crippen LogP contribution in [0.4, 0.5) is 5.95 Å². The highest BCUT2D eigenvalue weighted by Gasteiger charge is 2.07. The van der Waals surface area contributed by atoms with E-state index in [-0.39, 0.29) is 5.91 Å². The third-order valence-corrected chi connectivity index (χ3v) is 4.36. The standard InChI is InChI=1S/C22H24N4O2/c1-16-7-9-17(10-8-16)13-24-21(27)19-14-25-22(26-15-19)23-12-11-18-5-3-4-6-20(18)28-2/h3-10,14-15H,11-13H2,1-2H3,(H,24,27)(H,23,25,26). The van der Waals surface area contributed by atoms with Crippen molar-refractivity contribution in [3.63, 3.8) is 0 Å². The number of amides is 1. The van der Waals surface area contributed by atoms with Crippen LogP contribution in [0.5, 0.6) is 5.75 Å². The first-order valence-corrected chi connectivity index (χ1v) is 9.17. The smallest absolute Gasteiger partial charge is 0.254 e. The highest BCUT2D eigenvalue weighted by atomic mass is 16.5. The van der Waals surface area contributed by atoms with Crippen molar-refractivity contribution in [2.75, 3.05) is 19.0 Å². The summed E-state index contributed by atoms with van der Waals surface area (Å²) in [6, 6.07) is 16.0. The molecule has 0 saturated heterocycles. The highest BCUT2D eigenvalue weighted by Crippen LogP contribution is 2.17. The molecule has 2 N–H and O–H groups in total. The molecule has 6 heteroatoms. The van der Waals surface area contributed by atoms with Crippen LogP contribution in [-0.2, 0) is 13.0 Å². The molecule has 1 heterocycles. The lowest BCUT2D eigenvalue weighted by Crippen LogP contribution is -2.23. The number of nitrogens with one attached hydrogen (secondary N) is 2. The maximum absolute atomic E-state index is 12.2. The van der Waals surface area contributed by atoms with Crippen molar-refractivity contribution >= 4 is 11.9 Å². The Morgan fingerprint density at radius 1 is 1.04 bits per heavy atom. The molecule has 0 unspecified atom stereocenters. The fourth-order valence-corrected chi connectivity index (χ4v) is 2.75. The van der Waals surface area contributed by atoms with E-state index in [1.807, 2.05) is 55.5 Å². The molecule has 3 rings (SSSR count). The van der Waals surface area contributed by atoms with E-state index in [0.29, 0.717) is 24.6 Å². The SMILES string of the molecule is COc1ccccc1CCNc1ncc(C(=O)NCc2ccc(C)cc2)cn1. The number of hydrogen-bond acceptors (Lipinski definition) is 5. The lowest BCUT2D eigenvalue weighted by atomic mass is 10.1. The second kappa shape index (κ2) is 9.50. The summed E-state index contributed by atoms with van der Waals surface area (Å²) in [6.07, 6.45) is 3.85. The van der Waals surface area contributed by atoms with Crippen LogP contribution < -0.4 is 15.4 Å². The topological polar surface area (TPSA) is 76.1 Å². The van der Waals surface area contributed by atoms with Gasteiger partial charge in [0.05, 0.1) is 12.7 Å². The molecule has 6 nitrogen and oxygen atoms in total. The van der Waals surface area contributed by atoms with E-state index in [9.17, 15) is 4.79 Å². The van der Waals surface area contributed by atoms with E-state index in [0.717, 1.165) is 23.3 Å². The summed E-state index contributed by atoms with van der Waals surface area (Å²) in [5.74, 6) is 1.16. The van der Waals surface area contributed by atoms with Crippen molar-refractivity contribution in [1.29, 1.82) is 0 Å². The third kappa shape index (κ3) is 5.30. The van der Waals surface area contributed by atoms with Gasteiger partial charge in [0.2, 0.25) is 5.95 Å². The molecule has 1 aromatic heterocycles. The lowest BCUT2D eigenvalue weighted by molar-refractivity contribution is 0.0950. The number of carbonyl (C=O) groups excluding carboxylic acids is 1. The minimum atomic E-state index is -0.193. The van der Waals surface area contributed by atoms with Crippen molar-refractivity contribution in [3.05, 3.63) is 83.2 Å². The normalized spacial score (nSPS) is 10.4. The summed E-state index contributed by atoms with van der Waals surface area (Å²) in [4.78, 5) is 20.7. The van der Waals surface area contributed by atoms with Gasteiger partial charge in [-0.05, 0) is 30.5 Å². The molecule has 0 aliphatic carbocycles. The number of aromatic nitrogens is 2. The number of carbonyl (C=O) groups is 1. The van der Waals surface area contributed by atoms with Crippen LogP contribution in [0.15, 0.2) is 60.9 Å². The lowest BCUT2D eigenvalue weighted by Gasteiger charge is -2.09. The van der Waals surface area contributed by atoms with Gasteiger partial charge in [0.25, 0.3) is 5.91 Å². The Kier molecular flexibility index (Phi) is 6.57. The van der Waals surface area contributed by atoms with Crippen LogP contribution in [0.25, 0.3) is 0 Å². The minimum Gasteiger partial charge on any atom is -0.496 e. The van der Waals surface area contributed by atoms with Gasteiger partial charge < -0.3 is 15.4 Å². The second-order valence-electron chi connectivity index (χ2n) is 6.45. The van der Waals surface area contributed by atoms with Crippen molar-refractivity contribution in [1.82, 2.24) is 15.3 Å². The molecule has 2 aromatic carbocycles. The van der Waals surface area contributed by atoms with Crippen LogP contribution in [0.3, 0.4) is 0 Å². The second-order valence-corrected chi connectivity index (χ2v) is 6.45. The van der Waals surface area contributed by atoms with E-state index in [4.69, 9.17) is 4.74 Å². The predicted molar refractivity (Wildman–Crippen MR) is 110 cm³/mol. The number of anilines is 1. The quantitative estimate of drug-likeness (QED) is 0.630. The molecule has 0 radical (unpaired) electrons. The summed E-state index contributed by atoms with van der Waals surface area (Å²) in [6.45, 7) is 3.17. The largest absolute Gasteiger partial charge is 0.496 e. The number of aryl methyl sites for hydroxylation is 1. The Morgan fingerprint density at radius 3 is 2.46 bits per heavy atom. The van der Waals surface area contributed by atoms with Crippen molar-refractivity contribution in [2.24, 2.45) is 0 Å². The molecular formula is C22H24N4O2. The van der Waals surface area contributed by atoms with Gasteiger partial charge >= 0.3 is 0 Å². The summed E-state index contributed by atoms with van der Waals surface area (Å²) < 4.78 is 5.35. The zero-order chi connectivity index (χ0) is 19.8. The molecule has 0 fully saturated rings. The number of benzene rings is 2. The van der Waals surface area contributed by atoms with Gasteiger partial charge in [-0.2, -0.15) is 0 Å². The van der Waals surface area contributed by atoms with E-state index >= 15 is 0 Å². The maximum atomic E-state index is 12.2. The molecule has 0 saturated carbocycles. The van der Waals surface area contributed by atoms with E-state index in [2.05, 4.69) is 20.6 Å². The van der Waals surface area contributed by atoms with Crippen molar-refractivity contribution in [3.8, 4) is 5.75 Å². The Hall–Kier alpha value is -3.41. The summed E-state index contributed by atoms with van der Waals surface area (Å²) in [7, 11) is 1.66. The van der Waals surface area contributed by atoms with Crippen LogP contribution in [0, 0.1) is 6.92 Å². The van der Waals surface area contributed by atoms with Gasteiger partial charge in [-0.25, -0.2) is 9.97 Å². The van der Waals surface area contributed by atoms with Gasteiger partial charge in [-0.3, -0.25) is 4.79 Å². The highest BCUT2D eigenvalue weighted by molar-refractivity contribution is 5.93. The Morgan fingerprint density at radius 2 is 1.75 bits per heavy atom. The molecule has 0 spiro atoms. The summed E-state index contributed by atoms with van der Waals surface area (Å²) >= 11 is 0. The fourth-order valence-electron chi connectivity index (χ4n) is 2.75. The number of hydrogen-bond donors (Lipinski definition) is 2. The fraction of sp³-hybridized carbons (Fsp3) is 0.227. The van der Waals surface area contributed by atoms with Crippen molar-refractivity contribution in [2.45, 2.75) is 19.9 Å². The zero-order valence-corrected chi connectivity index (χ0v) is 16.1. The Labute approximate surface area is 165 Å². The predicted octanol–water partition coefficient (Wildman–Crippen LogP) is 3.38. The monoisotopic (exact) mass is 376 g/mol. The summed E-state index contributed by atoms with van der Waals surface area (Å²) in [5.41, 5.74) is 3.79. The van der Waals surface area contributed by atoms with Crippen LogP contribution in [-0.4, -0.2) is 29.5 Å². The first-order valence-electron chi connectivity index (χ1n) is 9.17. The van der Waals surface area contributed by atoms with Gasteiger partial charge in [0, 0.05) is 25.5 Å². The number of rotatable bonds is 8. The van der Waals surface area contributed by atoms with E-state index in [1.54, 1.807) is 7.11 Å². The Balaban J connectivity index is 1.48. The first kappa shape index (κ1) is 19.4. The van der Waals surface area contributed by atoms with Gasteiger partial charge in [-0.15, -0.1) is 0 Å². The third-order valence-electron chi connectivity index (χ3n) is 4.36. The molecule has 0 aliphatic rings. The van der Waals surface area contributed by atoms with Crippen molar-refractivity contribution < 1.29 is 9.53 Å². The number of para-hydroxylation sites is 1. The van der Waals surface area contributed by atoms with Crippen LogP contribution in [0.2, 0.25) is 0 Å². The molecular weight excluding hydrogens is 352 g/mol. The Bertz CT molecular complexity index is 909. The van der Waals surface area contributed by atoms with E-state index in [1.165, 1.54) is 18.0 Å². The number of ether oxygens (including phenoxy) is 1. The molecule has 0 atom stereocenters. The maximum Gasteiger partial charge on any atom is 0.254 e. The summed E-state index contributed by atoms with van der Waals surface area (Å²) in [5, 5.41) is 6.04. The first-order chi connectivity index (χ1) is 13.7. The van der Waals surface area contributed by atoms with Gasteiger partial charge in [-0.1, -0.05) is 48.0 Å². The van der Waals surface area contributed by atoms with Gasteiger partial charge in [0.1, 0.15) is 5.75 Å². The molecule has 0 bridgehead atoms. The molecule has 144 valence electrons. The van der Waals surface area contributed by atoms with Gasteiger partial charge in [0.15, 0.2) is 0 Å². The zero-order valence-electron chi connectivity index (χ0n) is 16.1. The molecule has 1 amide bonds. The minimum absolute atomic E-state index is 0.193. The molecule has 28 heavy (non-hydrogen) atoms. The van der Waals surface area contributed by atoms with Crippen LogP contribution >= 0.6 is 0 Å². The average Bonchev–Trinajstić information content (AvgIpc) is 2.74. The molecule has 0 aliphatic heterocycles. The molecule has 3 aromatic rings. The number of methoxy groups -OCH3 is 1. The average molecular weight is 376 g/mol. The van der Waals surface area contributed by atoms with E-state index < -0.39 is 0 Å². The van der Waals surface area contributed by atoms with Crippen LogP contribution in [0.1, 0.15) is 27.0 Å². The number of nitrogens with zero attached hydrogens (tertiary/aromatic N) is 2.